The molecule has 1 aliphatic carbocycles. The van der Waals surface area contributed by atoms with E-state index in [0.717, 1.165) is 19.6 Å². The first kappa shape index (κ1) is 6.62. The fourth-order valence-corrected chi connectivity index (χ4v) is 2.02. The normalized spacial score (nSPS) is 37.5. The second-order valence-electron chi connectivity index (χ2n) is 3.30. The van der Waals surface area contributed by atoms with Gasteiger partial charge in [-0.2, -0.15) is 0 Å². The fourth-order valence-electron chi connectivity index (χ4n) is 2.02. The van der Waals surface area contributed by atoms with E-state index in [-0.39, 0.29) is 5.79 Å². The minimum atomic E-state index is -0.153. The first-order valence-corrected chi connectivity index (χ1v) is 4.11. The molecular weight excluding hydrogens is 128 g/mol. The molecule has 2 rings (SSSR count). The zero-order valence-electron chi connectivity index (χ0n) is 6.43. The molecule has 10 heavy (non-hydrogen) atoms. The number of hydrogen-bond donors (Lipinski definition) is 0. The molecule has 2 heteroatoms. The Morgan fingerprint density at radius 1 is 1.30 bits per heavy atom. The maximum Gasteiger partial charge on any atom is 0.171 e. The van der Waals surface area contributed by atoms with Crippen LogP contribution in [0, 0.1) is 5.92 Å². The third-order valence-electron chi connectivity index (χ3n) is 2.69. The summed E-state index contributed by atoms with van der Waals surface area (Å²) in [6.45, 7) is 3.81. The maximum absolute atomic E-state index is 5.59. The molecule has 0 aromatic heterocycles. The first-order chi connectivity index (χ1) is 4.83. The Kier molecular flexibility index (Phi) is 1.46. The lowest BCUT2D eigenvalue weighted by Crippen LogP contribution is -2.32. The molecule has 1 saturated carbocycles. The van der Waals surface area contributed by atoms with Gasteiger partial charge in [-0.15, -0.1) is 0 Å². The van der Waals surface area contributed by atoms with Crippen molar-refractivity contribution in [3.63, 3.8) is 0 Å². The summed E-state index contributed by atoms with van der Waals surface area (Å²) in [6.07, 6.45) is 3.63. The zero-order chi connectivity index (χ0) is 7.03. The van der Waals surface area contributed by atoms with E-state index in [0.29, 0.717) is 5.92 Å². The Morgan fingerprint density at radius 2 is 2.00 bits per heavy atom. The quantitative estimate of drug-likeness (QED) is 0.511. The third kappa shape index (κ3) is 0.789. The van der Waals surface area contributed by atoms with Crippen LogP contribution in [0.15, 0.2) is 0 Å². The van der Waals surface area contributed by atoms with Crippen molar-refractivity contribution in [2.75, 3.05) is 13.2 Å². The van der Waals surface area contributed by atoms with Gasteiger partial charge in [0.25, 0.3) is 0 Å². The van der Waals surface area contributed by atoms with Gasteiger partial charge in [0, 0.05) is 12.3 Å². The standard InChI is InChI=1S/C8H14O2/c1-7-3-2-4-8(7)9-5-6-10-8/h7H,2-6H2,1H3/t7-/m0/s1. The number of hydrogen-bond acceptors (Lipinski definition) is 2. The van der Waals surface area contributed by atoms with Gasteiger partial charge < -0.3 is 9.47 Å². The molecule has 1 saturated heterocycles. The Morgan fingerprint density at radius 3 is 2.50 bits per heavy atom. The average Bonchev–Trinajstić information content (AvgIpc) is 2.48. The molecule has 0 aromatic rings. The topological polar surface area (TPSA) is 18.5 Å². The van der Waals surface area contributed by atoms with E-state index in [1.807, 2.05) is 0 Å². The fraction of sp³-hybridized carbons (Fsp3) is 1.00. The van der Waals surface area contributed by atoms with Gasteiger partial charge in [0.2, 0.25) is 0 Å². The summed E-state index contributed by atoms with van der Waals surface area (Å²) >= 11 is 0. The smallest absolute Gasteiger partial charge is 0.171 e. The molecule has 1 atom stereocenters. The van der Waals surface area contributed by atoms with Crippen LogP contribution in [0.1, 0.15) is 26.2 Å². The molecule has 0 aromatic carbocycles. The van der Waals surface area contributed by atoms with Crippen LogP contribution in [-0.2, 0) is 9.47 Å². The van der Waals surface area contributed by atoms with Crippen molar-refractivity contribution in [3.8, 4) is 0 Å². The van der Waals surface area contributed by atoms with E-state index >= 15 is 0 Å². The van der Waals surface area contributed by atoms with Gasteiger partial charge in [-0.25, -0.2) is 0 Å². The van der Waals surface area contributed by atoms with Crippen molar-refractivity contribution in [2.45, 2.75) is 32.0 Å². The SMILES string of the molecule is C[C@H]1CCCC12OCCO2. The molecule has 2 nitrogen and oxygen atoms in total. The Labute approximate surface area is 61.5 Å². The Bertz CT molecular complexity index is 122. The summed E-state index contributed by atoms with van der Waals surface area (Å²) in [5.74, 6) is 0.454. The van der Waals surface area contributed by atoms with Crippen molar-refractivity contribution >= 4 is 0 Å². The molecule has 1 spiro atoms. The number of rotatable bonds is 0. The Hall–Kier alpha value is -0.0800. The van der Waals surface area contributed by atoms with Crippen LogP contribution in [0.2, 0.25) is 0 Å². The van der Waals surface area contributed by atoms with Gasteiger partial charge >= 0.3 is 0 Å². The van der Waals surface area contributed by atoms with Gasteiger partial charge in [0.05, 0.1) is 13.2 Å². The summed E-state index contributed by atoms with van der Waals surface area (Å²) in [5.41, 5.74) is 0. The van der Waals surface area contributed by atoms with Crippen LogP contribution in [0.5, 0.6) is 0 Å². The highest BCUT2D eigenvalue weighted by Gasteiger charge is 2.45. The minimum Gasteiger partial charge on any atom is -0.347 e. The van der Waals surface area contributed by atoms with E-state index in [2.05, 4.69) is 6.92 Å². The molecule has 0 amide bonds. The van der Waals surface area contributed by atoms with Gasteiger partial charge in [-0.05, 0) is 12.8 Å². The van der Waals surface area contributed by atoms with Crippen LogP contribution < -0.4 is 0 Å². The third-order valence-corrected chi connectivity index (χ3v) is 2.69. The van der Waals surface area contributed by atoms with Crippen molar-refractivity contribution in [2.24, 2.45) is 5.92 Å². The van der Waals surface area contributed by atoms with Crippen molar-refractivity contribution < 1.29 is 9.47 Å². The molecule has 0 N–H and O–H groups in total. The van der Waals surface area contributed by atoms with Crippen LogP contribution in [0.25, 0.3) is 0 Å². The predicted octanol–water partition coefficient (Wildman–Crippen LogP) is 1.55. The Balaban J connectivity index is 2.11. The van der Waals surface area contributed by atoms with Gasteiger partial charge in [-0.3, -0.25) is 0 Å². The van der Waals surface area contributed by atoms with E-state index < -0.39 is 0 Å². The maximum atomic E-state index is 5.59. The summed E-state index contributed by atoms with van der Waals surface area (Å²) in [4.78, 5) is 0. The van der Waals surface area contributed by atoms with Gasteiger partial charge in [-0.1, -0.05) is 6.92 Å². The second kappa shape index (κ2) is 2.21. The van der Waals surface area contributed by atoms with Gasteiger partial charge in [0.1, 0.15) is 0 Å². The highest BCUT2D eigenvalue weighted by molar-refractivity contribution is 4.86. The van der Waals surface area contributed by atoms with Crippen molar-refractivity contribution in [3.05, 3.63) is 0 Å². The molecule has 1 heterocycles. The molecule has 0 unspecified atom stereocenters. The van der Waals surface area contributed by atoms with E-state index in [9.17, 15) is 0 Å². The zero-order valence-corrected chi connectivity index (χ0v) is 6.43. The van der Waals surface area contributed by atoms with Crippen molar-refractivity contribution in [1.82, 2.24) is 0 Å². The lowest BCUT2D eigenvalue weighted by atomic mass is 10.1. The summed E-state index contributed by atoms with van der Waals surface area (Å²) in [5, 5.41) is 0. The molecule has 2 aliphatic rings. The highest BCUT2D eigenvalue weighted by atomic mass is 16.7. The minimum absolute atomic E-state index is 0.153. The largest absolute Gasteiger partial charge is 0.347 e. The summed E-state index contributed by atoms with van der Waals surface area (Å²) in [7, 11) is 0. The van der Waals surface area contributed by atoms with E-state index in [1.54, 1.807) is 0 Å². The van der Waals surface area contributed by atoms with Gasteiger partial charge in [0.15, 0.2) is 5.79 Å². The summed E-state index contributed by atoms with van der Waals surface area (Å²) in [6, 6.07) is 0. The second-order valence-corrected chi connectivity index (χ2v) is 3.30. The number of ether oxygens (including phenoxy) is 2. The monoisotopic (exact) mass is 142 g/mol. The highest BCUT2D eigenvalue weighted by Crippen LogP contribution is 2.41. The van der Waals surface area contributed by atoms with E-state index in [1.165, 1.54) is 12.8 Å². The van der Waals surface area contributed by atoms with E-state index in [4.69, 9.17) is 9.47 Å². The summed E-state index contributed by atoms with van der Waals surface area (Å²) < 4.78 is 11.2. The molecule has 2 fully saturated rings. The molecule has 1 aliphatic heterocycles. The molecule has 0 radical (unpaired) electrons. The van der Waals surface area contributed by atoms with Crippen LogP contribution in [0.3, 0.4) is 0 Å². The van der Waals surface area contributed by atoms with Crippen LogP contribution in [-0.4, -0.2) is 19.0 Å². The van der Waals surface area contributed by atoms with Crippen molar-refractivity contribution in [1.29, 1.82) is 0 Å². The molecule has 58 valence electrons. The predicted molar refractivity (Wildman–Crippen MR) is 37.6 cm³/mol. The first-order valence-electron chi connectivity index (χ1n) is 4.11. The van der Waals surface area contributed by atoms with Crippen LogP contribution in [0.4, 0.5) is 0 Å². The molecular formula is C8H14O2. The lowest BCUT2D eigenvalue weighted by Gasteiger charge is -2.26. The average molecular weight is 142 g/mol. The molecule has 0 bridgehead atoms. The lowest BCUT2D eigenvalue weighted by molar-refractivity contribution is -0.177. The van der Waals surface area contributed by atoms with Crippen LogP contribution >= 0.6 is 0 Å².